The monoisotopic (exact) mass is 301 g/mol. The van der Waals surface area contributed by atoms with Gasteiger partial charge < -0.3 is 15.5 Å². The van der Waals surface area contributed by atoms with E-state index in [1.54, 1.807) is 0 Å². The Morgan fingerprint density at radius 2 is 1.52 bits per heavy atom. The summed E-state index contributed by atoms with van der Waals surface area (Å²) in [5, 5.41) is 23.3. The molecular formula is C18H39NO2. The summed E-state index contributed by atoms with van der Waals surface area (Å²) in [6.45, 7) is 12.4. The van der Waals surface area contributed by atoms with Crippen molar-refractivity contribution in [1.82, 2.24) is 5.32 Å². The van der Waals surface area contributed by atoms with Crippen molar-refractivity contribution in [3.63, 3.8) is 0 Å². The van der Waals surface area contributed by atoms with E-state index >= 15 is 0 Å². The van der Waals surface area contributed by atoms with Crippen LogP contribution in [0.15, 0.2) is 0 Å². The first kappa shape index (κ1) is 20.9. The lowest BCUT2D eigenvalue weighted by atomic mass is 9.85. The number of hydrogen-bond donors (Lipinski definition) is 3. The Labute approximate surface area is 132 Å². The number of aliphatic hydroxyl groups is 2. The smallest absolute Gasteiger partial charge is 0.0588 e. The number of unbranched alkanes of at least 4 members (excludes halogenated alkanes) is 1. The van der Waals surface area contributed by atoms with Gasteiger partial charge in [0, 0.05) is 0 Å². The van der Waals surface area contributed by atoms with Crippen LogP contribution in [0.1, 0.15) is 79.6 Å². The third-order valence-corrected chi connectivity index (χ3v) is 4.33. The molecule has 0 radical (unpaired) electrons. The average molecular weight is 302 g/mol. The molecule has 1 aliphatic rings. The molecule has 0 aromatic carbocycles. The van der Waals surface area contributed by atoms with Crippen LogP contribution in [0.25, 0.3) is 0 Å². The fourth-order valence-corrected chi connectivity index (χ4v) is 2.77. The van der Waals surface area contributed by atoms with Crippen LogP contribution in [0, 0.1) is 11.3 Å². The van der Waals surface area contributed by atoms with Crippen LogP contribution in [0.2, 0.25) is 0 Å². The molecule has 3 heteroatoms. The van der Waals surface area contributed by atoms with E-state index in [-0.39, 0.29) is 17.6 Å². The van der Waals surface area contributed by atoms with Crippen molar-refractivity contribution in [2.75, 3.05) is 13.1 Å². The van der Waals surface area contributed by atoms with Crippen LogP contribution >= 0.6 is 0 Å². The van der Waals surface area contributed by atoms with E-state index in [0.29, 0.717) is 5.92 Å². The molecule has 3 N–H and O–H groups in total. The maximum atomic E-state index is 10.0. The number of piperidine rings is 1. The second kappa shape index (κ2) is 11.4. The zero-order valence-electron chi connectivity index (χ0n) is 15.0. The number of rotatable bonds is 7. The molecule has 1 heterocycles. The molecule has 1 fully saturated rings. The third-order valence-electron chi connectivity index (χ3n) is 4.33. The molecule has 0 saturated carbocycles. The predicted molar refractivity (Wildman–Crippen MR) is 91.5 cm³/mol. The van der Waals surface area contributed by atoms with Gasteiger partial charge in [-0.1, -0.05) is 47.5 Å². The Kier molecular flexibility index (Phi) is 11.4. The standard InChI is InChI=1S/C16H33NO2.C2H6/c1-16(2,3)15(19)7-5-4-6-14(18)12-13-8-10-17-11-9-13;1-2/h13-15,17-19H,4-12H2,1-3H3;1-2H3. The van der Waals surface area contributed by atoms with Crippen molar-refractivity contribution >= 4 is 0 Å². The van der Waals surface area contributed by atoms with E-state index in [9.17, 15) is 10.2 Å². The first-order valence-corrected chi connectivity index (χ1v) is 8.96. The summed E-state index contributed by atoms with van der Waals surface area (Å²) < 4.78 is 0. The van der Waals surface area contributed by atoms with Gasteiger partial charge in [0.1, 0.15) is 0 Å². The molecule has 0 aromatic rings. The number of nitrogens with one attached hydrogen (secondary N) is 1. The molecule has 128 valence electrons. The highest BCUT2D eigenvalue weighted by Crippen LogP contribution is 2.24. The lowest BCUT2D eigenvalue weighted by Gasteiger charge is -2.26. The largest absolute Gasteiger partial charge is 0.393 e. The van der Waals surface area contributed by atoms with E-state index in [4.69, 9.17) is 0 Å². The maximum absolute atomic E-state index is 10.0. The normalized spacial score (nSPS) is 19.6. The Hall–Kier alpha value is -0.120. The minimum absolute atomic E-state index is 0.0201. The van der Waals surface area contributed by atoms with Crippen molar-refractivity contribution in [2.24, 2.45) is 11.3 Å². The van der Waals surface area contributed by atoms with E-state index < -0.39 is 0 Å². The summed E-state index contributed by atoms with van der Waals surface area (Å²) in [6.07, 6.45) is 6.79. The van der Waals surface area contributed by atoms with E-state index in [0.717, 1.165) is 45.2 Å². The second-order valence-electron chi connectivity index (χ2n) is 7.25. The van der Waals surface area contributed by atoms with Crippen LogP contribution < -0.4 is 5.32 Å². The first-order chi connectivity index (χ1) is 9.89. The summed E-state index contributed by atoms with van der Waals surface area (Å²) in [5.41, 5.74) is -0.0201. The molecule has 1 rings (SSSR count). The van der Waals surface area contributed by atoms with Gasteiger partial charge in [-0.05, 0) is 56.5 Å². The maximum Gasteiger partial charge on any atom is 0.0588 e. The lowest BCUT2D eigenvalue weighted by molar-refractivity contribution is 0.0514. The van der Waals surface area contributed by atoms with Crippen LogP contribution in [-0.4, -0.2) is 35.5 Å². The molecular weight excluding hydrogens is 262 g/mol. The fourth-order valence-electron chi connectivity index (χ4n) is 2.77. The van der Waals surface area contributed by atoms with Gasteiger partial charge in [0.05, 0.1) is 12.2 Å². The van der Waals surface area contributed by atoms with Gasteiger partial charge in [0.2, 0.25) is 0 Å². The molecule has 2 atom stereocenters. The van der Waals surface area contributed by atoms with Crippen molar-refractivity contribution in [3.05, 3.63) is 0 Å². The van der Waals surface area contributed by atoms with Crippen LogP contribution in [0.5, 0.6) is 0 Å². The SMILES string of the molecule is CC.CC(C)(C)C(O)CCCCC(O)CC1CCNCC1. The third kappa shape index (κ3) is 10.3. The quantitative estimate of drug-likeness (QED) is 0.628. The van der Waals surface area contributed by atoms with Crippen molar-refractivity contribution < 1.29 is 10.2 Å². The molecule has 0 aromatic heterocycles. The van der Waals surface area contributed by atoms with Gasteiger partial charge >= 0.3 is 0 Å². The Morgan fingerprint density at radius 3 is 2.05 bits per heavy atom. The molecule has 0 bridgehead atoms. The highest BCUT2D eigenvalue weighted by atomic mass is 16.3. The van der Waals surface area contributed by atoms with Gasteiger partial charge in [-0.25, -0.2) is 0 Å². The summed E-state index contributed by atoms with van der Waals surface area (Å²) in [7, 11) is 0. The van der Waals surface area contributed by atoms with E-state index in [1.807, 2.05) is 13.8 Å². The molecule has 1 saturated heterocycles. The molecule has 2 unspecified atom stereocenters. The second-order valence-corrected chi connectivity index (χ2v) is 7.25. The summed E-state index contributed by atoms with van der Waals surface area (Å²) in [6, 6.07) is 0. The average Bonchev–Trinajstić information content (AvgIpc) is 2.45. The predicted octanol–water partition coefficient (Wildman–Crippen LogP) is 3.73. The summed E-state index contributed by atoms with van der Waals surface area (Å²) in [5.74, 6) is 0.705. The molecule has 1 aliphatic heterocycles. The minimum Gasteiger partial charge on any atom is -0.393 e. The van der Waals surface area contributed by atoms with Crippen molar-refractivity contribution in [2.45, 2.75) is 91.8 Å². The minimum atomic E-state index is -0.228. The lowest BCUT2D eigenvalue weighted by Crippen LogP contribution is -2.29. The van der Waals surface area contributed by atoms with E-state index in [1.165, 1.54) is 12.8 Å². The molecule has 0 spiro atoms. The van der Waals surface area contributed by atoms with Gasteiger partial charge in [0.15, 0.2) is 0 Å². The van der Waals surface area contributed by atoms with Crippen molar-refractivity contribution in [3.8, 4) is 0 Å². The number of aliphatic hydroxyl groups excluding tert-OH is 2. The van der Waals surface area contributed by atoms with Gasteiger partial charge in [-0.2, -0.15) is 0 Å². The van der Waals surface area contributed by atoms with Crippen LogP contribution in [0.4, 0.5) is 0 Å². The summed E-state index contributed by atoms with van der Waals surface area (Å²) >= 11 is 0. The van der Waals surface area contributed by atoms with Gasteiger partial charge in [-0.3, -0.25) is 0 Å². The van der Waals surface area contributed by atoms with Gasteiger partial charge in [-0.15, -0.1) is 0 Å². The zero-order valence-corrected chi connectivity index (χ0v) is 15.0. The zero-order chi connectivity index (χ0) is 16.3. The highest BCUT2D eigenvalue weighted by Gasteiger charge is 2.21. The fraction of sp³-hybridized carbons (Fsp3) is 1.00. The molecule has 21 heavy (non-hydrogen) atoms. The Balaban J connectivity index is 0.00000191. The first-order valence-electron chi connectivity index (χ1n) is 8.96. The van der Waals surface area contributed by atoms with Crippen LogP contribution in [0.3, 0.4) is 0 Å². The summed E-state index contributed by atoms with van der Waals surface area (Å²) in [4.78, 5) is 0. The van der Waals surface area contributed by atoms with Gasteiger partial charge in [0.25, 0.3) is 0 Å². The highest BCUT2D eigenvalue weighted by molar-refractivity contribution is 4.74. The Morgan fingerprint density at radius 1 is 1.00 bits per heavy atom. The topological polar surface area (TPSA) is 52.5 Å². The number of hydrogen-bond acceptors (Lipinski definition) is 3. The molecule has 3 nitrogen and oxygen atoms in total. The molecule has 0 amide bonds. The molecule has 0 aliphatic carbocycles. The Bertz CT molecular complexity index is 232. The van der Waals surface area contributed by atoms with Crippen LogP contribution in [-0.2, 0) is 0 Å². The van der Waals surface area contributed by atoms with E-state index in [2.05, 4.69) is 26.1 Å². The van der Waals surface area contributed by atoms with Crippen molar-refractivity contribution in [1.29, 1.82) is 0 Å².